The van der Waals surface area contributed by atoms with Gasteiger partial charge in [0.15, 0.2) is 21.6 Å². The summed E-state index contributed by atoms with van der Waals surface area (Å²) in [4.78, 5) is 23.6. The number of nitrogens with one attached hydrogen (secondary N) is 2. The van der Waals surface area contributed by atoms with Crippen LogP contribution in [-0.2, 0) is 0 Å². The molecule has 98 valence electrons. The lowest BCUT2D eigenvalue weighted by molar-refractivity contribution is 1.07. The van der Waals surface area contributed by atoms with E-state index in [1.165, 1.54) is 21.6 Å². The Morgan fingerprint density at radius 3 is 2.50 bits per heavy atom. The summed E-state index contributed by atoms with van der Waals surface area (Å²) in [5.41, 5.74) is 3.31. The van der Waals surface area contributed by atoms with E-state index in [4.69, 9.17) is 0 Å². The molecule has 0 saturated heterocycles. The van der Waals surface area contributed by atoms with Crippen molar-refractivity contribution in [2.45, 2.75) is 10.3 Å². The van der Waals surface area contributed by atoms with Gasteiger partial charge in [0.2, 0.25) is 0 Å². The summed E-state index contributed by atoms with van der Waals surface area (Å²) >= 11 is 0. The van der Waals surface area contributed by atoms with Crippen LogP contribution in [0.3, 0.4) is 0 Å². The summed E-state index contributed by atoms with van der Waals surface area (Å²) in [5, 5.41) is 1.61. The molecular formula is C12H8N6S2. The van der Waals surface area contributed by atoms with Crippen LogP contribution >= 0.6 is 21.6 Å². The number of pyridine rings is 2. The zero-order chi connectivity index (χ0) is 13.4. The molecule has 0 bridgehead atoms. The van der Waals surface area contributed by atoms with E-state index >= 15 is 0 Å². The van der Waals surface area contributed by atoms with Crippen molar-refractivity contribution in [3.05, 3.63) is 36.7 Å². The molecule has 4 aromatic rings. The van der Waals surface area contributed by atoms with Crippen LogP contribution < -0.4 is 0 Å². The quantitative estimate of drug-likeness (QED) is 0.566. The second kappa shape index (κ2) is 4.80. The number of fused-ring (bicyclic) bond motifs is 2. The van der Waals surface area contributed by atoms with Crippen molar-refractivity contribution in [3.63, 3.8) is 0 Å². The standard InChI is InChI=1S/C12H8N6S2/c1-3-7-9(13-5-1)17-11(15-7)19-20-12-16-8-4-2-6-14-10(8)18-12/h1-6H,(H,13,15,17)(H,14,16,18). The van der Waals surface area contributed by atoms with Gasteiger partial charge in [-0.2, -0.15) is 0 Å². The minimum Gasteiger partial charge on any atom is -0.331 e. The first kappa shape index (κ1) is 11.7. The number of imidazole rings is 2. The van der Waals surface area contributed by atoms with E-state index in [9.17, 15) is 0 Å². The molecule has 0 radical (unpaired) electrons. The molecular weight excluding hydrogens is 292 g/mol. The van der Waals surface area contributed by atoms with Crippen molar-refractivity contribution in [1.82, 2.24) is 29.9 Å². The maximum atomic E-state index is 4.45. The zero-order valence-electron chi connectivity index (χ0n) is 10.1. The van der Waals surface area contributed by atoms with Crippen LogP contribution in [0.5, 0.6) is 0 Å². The van der Waals surface area contributed by atoms with Crippen LogP contribution in [0.4, 0.5) is 0 Å². The normalized spacial score (nSPS) is 11.4. The third-order valence-corrected chi connectivity index (χ3v) is 4.65. The second-order valence-electron chi connectivity index (χ2n) is 4.00. The number of hydrogen-bond donors (Lipinski definition) is 2. The van der Waals surface area contributed by atoms with Crippen molar-refractivity contribution in [2.75, 3.05) is 0 Å². The Labute approximate surface area is 121 Å². The Kier molecular flexibility index (Phi) is 2.82. The molecule has 0 fully saturated rings. The third kappa shape index (κ3) is 2.12. The largest absolute Gasteiger partial charge is 0.331 e. The van der Waals surface area contributed by atoms with Crippen LogP contribution in [0.1, 0.15) is 0 Å². The van der Waals surface area contributed by atoms with Crippen molar-refractivity contribution in [1.29, 1.82) is 0 Å². The number of aromatic amines is 2. The SMILES string of the molecule is c1cnc2[nH]c(SSc3nc4ncccc4[nH]3)nc2c1. The van der Waals surface area contributed by atoms with E-state index in [1.807, 2.05) is 24.3 Å². The minimum atomic E-state index is 0.724. The summed E-state index contributed by atoms with van der Waals surface area (Å²) in [6.07, 6.45) is 3.47. The molecule has 0 aromatic carbocycles. The lowest BCUT2D eigenvalue weighted by Gasteiger charge is -1.91. The Balaban J connectivity index is 1.57. The van der Waals surface area contributed by atoms with Gasteiger partial charge >= 0.3 is 0 Å². The van der Waals surface area contributed by atoms with E-state index in [2.05, 4.69) is 29.9 Å². The maximum Gasteiger partial charge on any atom is 0.179 e. The molecule has 8 heteroatoms. The molecule has 0 saturated carbocycles. The number of hydrogen-bond acceptors (Lipinski definition) is 6. The monoisotopic (exact) mass is 300 g/mol. The van der Waals surface area contributed by atoms with Crippen LogP contribution in [-0.4, -0.2) is 29.9 Å². The van der Waals surface area contributed by atoms with Crippen LogP contribution in [0, 0.1) is 0 Å². The minimum absolute atomic E-state index is 0.724. The first-order valence-electron chi connectivity index (χ1n) is 5.84. The molecule has 6 nitrogen and oxygen atoms in total. The van der Waals surface area contributed by atoms with Crippen LogP contribution in [0.2, 0.25) is 0 Å². The zero-order valence-corrected chi connectivity index (χ0v) is 11.7. The smallest absolute Gasteiger partial charge is 0.179 e. The van der Waals surface area contributed by atoms with E-state index < -0.39 is 0 Å². The van der Waals surface area contributed by atoms with Gasteiger partial charge in [0.05, 0.1) is 5.52 Å². The molecule has 2 N–H and O–H groups in total. The highest BCUT2D eigenvalue weighted by molar-refractivity contribution is 8.76. The van der Waals surface area contributed by atoms with E-state index in [1.54, 1.807) is 12.4 Å². The second-order valence-corrected chi connectivity index (χ2v) is 6.10. The Morgan fingerprint density at radius 2 is 1.65 bits per heavy atom. The predicted octanol–water partition coefficient (Wildman–Crippen LogP) is 3.03. The lowest BCUT2D eigenvalue weighted by atomic mass is 10.4. The highest BCUT2D eigenvalue weighted by atomic mass is 33.1. The summed E-state index contributed by atoms with van der Waals surface area (Å²) < 4.78 is 0. The highest BCUT2D eigenvalue weighted by Crippen LogP contribution is 2.35. The van der Waals surface area contributed by atoms with E-state index in [0.717, 1.165) is 32.6 Å². The van der Waals surface area contributed by atoms with Gasteiger partial charge in [-0.25, -0.2) is 19.9 Å². The fraction of sp³-hybridized carbons (Fsp3) is 0. The molecule has 0 spiro atoms. The van der Waals surface area contributed by atoms with Gasteiger partial charge in [0.1, 0.15) is 5.52 Å². The van der Waals surface area contributed by atoms with Crippen molar-refractivity contribution < 1.29 is 0 Å². The van der Waals surface area contributed by atoms with Crippen LogP contribution in [0.15, 0.2) is 47.0 Å². The lowest BCUT2D eigenvalue weighted by Crippen LogP contribution is -1.74. The van der Waals surface area contributed by atoms with Gasteiger partial charge < -0.3 is 9.97 Å². The van der Waals surface area contributed by atoms with E-state index in [0.29, 0.717) is 0 Å². The summed E-state index contributed by atoms with van der Waals surface area (Å²) in [6, 6.07) is 7.64. The average molecular weight is 300 g/mol. The molecule has 0 aliphatic carbocycles. The van der Waals surface area contributed by atoms with Gasteiger partial charge in [-0.15, -0.1) is 0 Å². The number of aromatic nitrogens is 6. The maximum absolute atomic E-state index is 4.45. The van der Waals surface area contributed by atoms with Gasteiger partial charge in [-0.1, -0.05) is 0 Å². The summed E-state index contributed by atoms with van der Waals surface area (Å²) in [5.74, 6) is 0. The van der Waals surface area contributed by atoms with Gasteiger partial charge in [-0.05, 0) is 45.9 Å². The molecule has 4 heterocycles. The molecule has 0 aliphatic rings. The van der Waals surface area contributed by atoms with Gasteiger partial charge in [0, 0.05) is 12.4 Å². The molecule has 0 unspecified atom stereocenters. The Morgan fingerprint density at radius 1 is 0.850 bits per heavy atom. The van der Waals surface area contributed by atoms with Gasteiger partial charge in [-0.3, -0.25) is 0 Å². The molecule has 20 heavy (non-hydrogen) atoms. The highest BCUT2D eigenvalue weighted by Gasteiger charge is 2.08. The molecule has 0 aliphatic heterocycles. The van der Waals surface area contributed by atoms with Crippen LogP contribution in [0.25, 0.3) is 22.3 Å². The predicted molar refractivity (Wildman–Crippen MR) is 79.5 cm³/mol. The fourth-order valence-electron chi connectivity index (χ4n) is 1.80. The number of H-pyrrole nitrogens is 2. The summed E-state index contributed by atoms with van der Waals surface area (Å²) in [7, 11) is 3.01. The van der Waals surface area contributed by atoms with E-state index in [-0.39, 0.29) is 0 Å². The Hall–Kier alpha value is -2.06. The molecule has 0 amide bonds. The Bertz CT molecular complexity index is 744. The molecule has 0 atom stereocenters. The summed E-state index contributed by atoms with van der Waals surface area (Å²) in [6.45, 7) is 0. The van der Waals surface area contributed by atoms with Crippen molar-refractivity contribution >= 4 is 43.9 Å². The molecule has 4 aromatic heterocycles. The fourth-order valence-corrected chi connectivity index (χ4v) is 3.46. The first-order chi connectivity index (χ1) is 9.88. The number of rotatable bonds is 3. The topological polar surface area (TPSA) is 83.1 Å². The van der Waals surface area contributed by atoms with Crippen molar-refractivity contribution in [2.24, 2.45) is 0 Å². The first-order valence-corrected chi connectivity index (χ1v) is 7.99. The molecule has 4 rings (SSSR count). The number of nitrogens with zero attached hydrogens (tertiary/aromatic N) is 4. The van der Waals surface area contributed by atoms with Gasteiger partial charge in [0.25, 0.3) is 0 Å². The average Bonchev–Trinajstić information content (AvgIpc) is 3.07. The third-order valence-electron chi connectivity index (χ3n) is 2.67. The van der Waals surface area contributed by atoms with Crippen molar-refractivity contribution in [3.8, 4) is 0 Å².